The van der Waals surface area contributed by atoms with Gasteiger partial charge in [-0.2, -0.15) is 0 Å². The van der Waals surface area contributed by atoms with Crippen molar-refractivity contribution in [3.63, 3.8) is 0 Å². The third-order valence-electron chi connectivity index (χ3n) is 5.60. The maximum atomic E-state index is 12.6. The smallest absolute Gasteiger partial charge is 0.324 e. The summed E-state index contributed by atoms with van der Waals surface area (Å²) in [6, 6.07) is 17.5. The number of sulfonamides is 1. The highest BCUT2D eigenvalue weighted by Crippen LogP contribution is 2.22. The van der Waals surface area contributed by atoms with Crippen molar-refractivity contribution < 1.29 is 13.2 Å². The molecule has 3 rings (SSSR count). The minimum atomic E-state index is -3.87. The lowest BCUT2D eigenvalue weighted by Gasteiger charge is -2.31. The lowest BCUT2D eigenvalue weighted by Crippen LogP contribution is -2.46. The van der Waals surface area contributed by atoms with E-state index in [1.165, 1.54) is 11.0 Å². The molecule has 30 heavy (non-hydrogen) atoms. The first-order valence-electron chi connectivity index (χ1n) is 10.5. The molecule has 0 spiro atoms. The summed E-state index contributed by atoms with van der Waals surface area (Å²) in [6.07, 6.45) is 3.31. The Kier molecular flexibility index (Phi) is 7.32. The second kappa shape index (κ2) is 9.94. The molecule has 0 unspecified atom stereocenters. The Hall–Kier alpha value is -2.60. The van der Waals surface area contributed by atoms with Gasteiger partial charge < -0.3 is 4.90 Å². The molecule has 0 atom stereocenters. The summed E-state index contributed by atoms with van der Waals surface area (Å²) in [7, 11) is -3.87. The number of nitrogens with zero attached hydrogens (tertiary/aromatic N) is 1. The van der Waals surface area contributed by atoms with E-state index in [2.05, 4.69) is 16.9 Å². The van der Waals surface area contributed by atoms with E-state index in [-0.39, 0.29) is 0 Å². The molecular weight excluding hydrogens is 396 g/mol. The summed E-state index contributed by atoms with van der Waals surface area (Å²) in [6.45, 7) is 5.03. The topological polar surface area (TPSA) is 66.5 Å². The Morgan fingerprint density at radius 3 is 2.30 bits per heavy atom. The number of aryl methyl sites for hydroxylation is 1. The largest absolute Gasteiger partial charge is 0.331 e. The van der Waals surface area contributed by atoms with Crippen molar-refractivity contribution in [3.05, 3.63) is 76.7 Å². The number of urea groups is 1. The van der Waals surface area contributed by atoms with Gasteiger partial charge in [0, 0.05) is 13.1 Å². The van der Waals surface area contributed by atoms with Crippen molar-refractivity contribution in [2.24, 2.45) is 5.92 Å². The number of hydrogen-bond acceptors (Lipinski definition) is 3. The Labute approximate surface area is 179 Å². The quantitative estimate of drug-likeness (QED) is 0.725. The average Bonchev–Trinajstić information content (AvgIpc) is 2.73. The number of amides is 2. The molecule has 1 aliphatic rings. The van der Waals surface area contributed by atoms with Crippen LogP contribution in [0.5, 0.6) is 0 Å². The standard InChI is InChI=1S/C24H30N2O3S/c1-3-22(23-11-9-19(2)10-12-23)18-30(28,29)25-24(27)26-15-13-21(14-16-26)17-20-7-5-4-6-8-20/h4-12,18,21H,3,13-17H2,1-2H3,(H,25,27)/b22-18-. The highest BCUT2D eigenvalue weighted by Gasteiger charge is 2.25. The second-order valence-electron chi connectivity index (χ2n) is 7.94. The molecule has 5 nitrogen and oxygen atoms in total. The fourth-order valence-electron chi connectivity index (χ4n) is 3.81. The Balaban J connectivity index is 1.57. The normalized spacial score (nSPS) is 15.8. The van der Waals surface area contributed by atoms with E-state index in [0.29, 0.717) is 31.0 Å². The summed E-state index contributed by atoms with van der Waals surface area (Å²) in [5.74, 6) is 0.515. The third-order valence-corrected chi connectivity index (χ3v) is 6.65. The van der Waals surface area contributed by atoms with Gasteiger partial charge in [0.1, 0.15) is 0 Å². The number of piperidine rings is 1. The van der Waals surface area contributed by atoms with Gasteiger partial charge in [0.05, 0.1) is 5.41 Å². The van der Waals surface area contributed by atoms with Crippen molar-refractivity contribution in [1.29, 1.82) is 0 Å². The first kappa shape index (κ1) is 22.1. The zero-order valence-electron chi connectivity index (χ0n) is 17.7. The van der Waals surface area contributed by atoms with E-state index in [1.54, 1.807) is 4.90 Å². The molecule has 1 heterocycles. The molecule has 0 bridgehead atoms. The summed E-state index contributed by atoms with van der Waals surface area (Å²) in [5, 5.41) is 1.18. The molecule has 1 aliphatic heterocycles. The zero-order chi connectivity index (χ0) is 21.6. The van der Waals surface area contributed by atoms with E-state index in [1.807, 2.05) is 56.3 Å². The van der Waals surface area contributed by atoms with Crippen LogP contribution in [0.15, 0.2) is 60.0 Å². The number of nitrogens with one attached hydrogen (secondary N) is 1. The maximum absolute atomic E-state index is 12.6. The van der Waals surface area contributed by atoms with Crippen molar-refractivity contribution >= 4 is 21.6 Å². The van der Waals surface area contributed by atoms with Gasteiger partial charge in [0.25, 0.3) is 10.0 Å². The molecule has 160 valence electrons. The summed E-state index contributed by atoms with van der Waals surface area (Å²) >= 11 is 0. The number of allylic oxidation sites excluding steroid dienone is 1. The van der Waals surface area contributed by atoms with Crippen LogP contribution in [0.25, 0.3) is 5.57 Å². The number of rotatable bonds is 6. The average molecular weight is 427 g/mol. The number of likely N-dealkylation sites (tertiary alicyclic amines) is 1. The minimum absolute atomic E-state index is 0.515. The molecular formula is C24H30N2O3S. The molecule has 1 fully saturated rings. The summed E-state index contributed by atoms with van der Waals surface area (Å²) in [4.78, 5) is 14.1. The summed E-state index contributed by atoms with van der Waals surface area (Å²) in [5.41, 5.74) is 3.94. The predicted octanol–water partition coefficient (Wildman–Crippen LogP) is 4.74. The van der Waals surface area contributed by atoms with Crippen LogP contribution < -0.4 is 4.72 Å². The number of hydrogen-bond donors (Lipinski definition) is 1. The molecule has 0 radical (unpaired) electrons. The van der Waals surface area contributed by atoms with E-state index >= 15 is 0 Å². The molecule has 1 saturated heterocycles. The van der Waals surface area contributed by atoms with Crippen molar-refractivity contribution in [2.75, 3.05) is 13.1 Å². The van der Waals surface area contributed by atoms with Gasteiger partial charge in [-0.1, -0.05) is 67.1 Å². The van der Waals surface area contributed by atoms with Gasteiger partial charge in [-0.05, 0) is 55.2 Å². The van der Waals surface area contributed by atoms with E-state index < -0.39 is 16.1 Å². The number of benzene rings is 2. The fourth-order valence-corrected chi connectivity index (χ4v) is 4.92. The molecule has 2 amide bonds. The van der Waals surface area contributed by atoms with Gasteiger partial charge in [0.2, 0.25) is 0 Å². The monoisotopic (exact) mass is 426 g/mol. The first-order valence-corrected chi connectivity index (χ1v) is 12.0. The fraction of sp³-hybridized carbons (Fsp3) is 0.375. The van der Waals surface area contributed by atoms with Gasteiger partial charge in [-0.25, -0.2) is 17.9 Å². The lowest BCUT2D eigenvalue weighted by molar-refractivity contribution is 0.175. The van der Waals surface area contributed by atoms with Crippen LogP contribution in [0.4, 0.5) is 4.79 Å². The van der Waals surface area contributed by atoms with Gasteiger partial charge in [-0.15, -0.1) is 0 Å². The van der Waals surface area contributed by atoms with E-state index in [4.69, 9.17) is 0 Å². The highest BCUT2D eigenvalue weighted by molar-refractivity contribution is 7.93. The zero-order valence-corrected chi connectivity index (χ0v) is 18.5. The van der Waals surface area contributed by atoms with Gasteiger partial charge >= 0.3 is 6.03 Å². The van der Waals surface area contributed by atoms with Gasteiger partial charge in [0.15, 0.2) is 0 Å². The molecule has 0 aromatic heterocycles. The van der Waals surface area contributed by atoms with Crippen molar-refractivity contribution in [1.82, 2.24) is 9.62 Å². The number of carbonyl (C=O) groups is 1. The van der Waals surface area contributed by atoms with Gasteiger partial charge in [-0.3, -0.25) is 0 Å². The molecule has 0 saturated carbocycles. The van der Waals surface area contributed by atoms with Crippen molar-refractivity contribution in [2.45, 2.75) is 39.5 Å². The highest BCUT2D eigenvalue weighted by atomic mass is 32.2. The number of carbonyl (C=O) groups excluding carboxylic acids is 1. The first-order chi connectivity index (χ1) is 14.4. The Morgan fingerprint density at radius 2 is 1.70 bits per heavy atom. The van der Waals surface area contributed by atoms with Crippen LogP contribution in [-0.2, 0) is 16.4 Å². The maximum Gasteiger partial charge on any atom is 0.331 e. The van der Waals surface area contributed by atoms with Crippen molar-refractivity contribution in [3.8, 4) is 0 Å². The molecule has 6 heteroatoms. The van der Waals surface area contributed by atoms with E-state index in [9.17, 15) is 13.2 Å². The van der Waals surface area contributed by atoms with Crippen LogP contribution in [-0.4, -0.2) is 32.4 Å². The molecule has 0 aliphatic carbocycles. The third kappa shape index (κ3) is 6.20. The minimum Gasteiger partial charge on any atom is -0.324 e. The van der Waals surface area contributed by atoms with Crippen LogP contribution in [0.3, 0.4) is 0 Å². The molecule has 2 aromatic carbocycles. The van der Waals surface area contributed by atoms with Crippen LogP contribution in [0, 0.1) is 12.8 Å². The molecule has 1 N–H and O–H groups in total. The molecule has 2 aromatic rings. The Bertz CT molecular complexity index is 975. The van der Waals surface area contributed by atoms with Crippen LogP contribution in [0.1, 0.15) is 42.9 Å². The SMILES string of the molecule is CC/C(=C/S(=O)(=O)NC(=O)N1CCC(Cc2ccccc2)CC1)c1ccc(C)cc1. The second-order valence-corrected chi connectivity index (χ2v) is 9.46. The Morgan fingerprint density at radius 1 is 1.07 bits per heavy atom. The van der Waals surface area contributed by atoms with E-state index in [0.717, 1.165) is 30.4 Å². The lowest BCUT2D eigenvalue weighted by atomic mass is 9.90. The van der Waals surface area contributed by atoms with Crippen LogP contribution >= 0.6 is 0 Å². The summed E-state index contributed by atoms with van der Waals surface area (Å²) < 4.78 is 27.3. The predicted molar refractivity (Wildman–Crippen MR) is 121 cm³/mol. The van der Waals surface area contributed by atoms with Crippen LogP contribution in [0.2, 0.25) is 0 Å².